The van der Waals surface area contributed by atoms with Gasteiger partial charge in [0.2, 0.25) is 0 Å². The minimum atomic E-state index is -0.273. The number of fused-ring (bicyclic) bond motifs is 1. The number of thiophene rings is 1. The first-order valence-electron chi connectivity index (χ1n) is 7.31. The summed E-state index contributed by atoms with van der Waals surface area (Å²) in [6.07, 6.45) is 1.64. The van der Waals surface area contributed by atoms with Crippen molar-refractivity contribution in [2.45, 2.75) is 13.5 Å². The van der Waals surface area contributed by atoms with Crippen molar-refractivity contribution in [3.8, 4) is 0 Å². The quantitative estimate of drug-likeness (QED) is 0.703. The fourth-order valence-electron chi connectivity index (χ4n) is 2.60. The van der Waals surface area contributed by atoms with E-state index in [2.05, 4.69) is 18.0 Å². The van der Waals surface area contributed by atoms with E-state index in [4.69, 9.17) is 0 Å². The highest BCUT2D eigenvalue weighted by Gasteiger charge is 2.17. The average molecular weight is 328 g/mol. The highest BCUT2D eigenvalue weighted by atomic mass is 32.1. The standard InChI is InChI=1S/C18H17FN2OS/c1-3-7-20-18(22)16-10-17-15(8-12(2)23-17)21(16)11-13-5-4-6-14(19)9-13/h3-6,8-10H,1,7,11H2,2H3,(H,20,22). The fourth-order valence-corrected chi connectivity index (χ4v) is 3.56. The first kappa shape index (κ1) is 15.5. The Bertz CT molecular complexity index is 878. The number of carbonyl (C=O) groups is 1. The number of nitrogens with zero attached hydrogens (tertiary/aromatic N) is 1. The van der Waals surface area contributed by atoms with Crippen LogP contribution in [0.25, 0.3) is 10.2 Å². The second-order valence-corrected chi connectivity index (χ2v) is 6.64. The molecule has 2 aromatic heterocycles. The second kappa shape index (κ2) is 6.38. The van der Waals surface area contributed by atoms with Crippen LogP contribution >= 0.6 is 11.3 Å². The minimum Gasteiger partial charge on any atom is -0.347 e. The van der Waals surface area contributed by atoms with Gasteiger partial charge in [0.05, 0.1) is 10.2 Å². The molecular formula is C18H17FN2OS. The molecule has 0 atom stereocenters. The lowest BCUT2D eigenvalue weighted by Gasteiger charge is -2.10. The molecule has 3 aromatic rings. The number of amides is 1. The molecule has 1 amide bonds. The molecule has 0 unspecified atom stereocenters. The summed E-state index contributed by atoms with van der Waals surface area (Å²) in [7, 11) is 0. The van der Waals surface area contributed by atoms with Gasteiger partial charge in [-0.15, -0.1) is 17.9 Å². The molecule has 0 radical (unpaired) electrons. The van der Waals surface area contributed by atoms with Gasteiger partial charge in [-0.3, -0.25) is 4.79 Å². The summed E-state index contributed by atoms with van der Waals surface area (Å²) in [4.78, 5) is 13.6. The van der Waals surface area contributed by atoms with Gasteiger partial charge in [-0.25, -0.2) is 4.39 Å². The molecule has 0 aliphatic rings. The Kier molecular flexibility index (Phi) is 4.30. The summed E-state index contributed by atoms with van der Waals surface area (Å²) in [5.41, 5.74) is 2.40. The molecule has 3 nitrogen and oxygen atoms in total. The lowest BCUT2D eigenvalue weighted by molar-refractivity contribution is 0.0949. The molecule has 0 saturated carbocycles. The highest BCUT2D eigenvalue weighted by Crippen LogP contribution is 2.29. The third kappa shape index (κ3) is 3.19. The number of carbonyl (C=O) groups excluding carboxylic acids is 1. The molecule has 0 aliphatic heterocycles. The minimum absolute atomic E-state index is 0.151. The number of aromatic nitrogens is 1. The number of rotatable bonds is 5. The van der Waals surface area contributed by atoms with Gasteiger partial charge in [-0.2, -0.15) is 0 Å². The molecular weight excluding hydrogens is 311 g/mol. The van der Waals surface area contributed by atoms with Crippen molar-refractivity contribution in [3.63, 3.8) is 0 Å². The number of benzene rings is 1. The van der Waals surface area contributed by atoms with Crippen molar-refractivity contribution >= 4 is 27.5 Å². The van der Waals surface area contributed by atoms with E-state index in [1.165, 1.54) is 17.0 Å². The van der Waals surface area contributed by atoms with Crippen molar-refractivity contribution in [3.05, 3.63) is 71.0 Å². The summed E-state index contributed by atoms with van der Waals surface area (Å²) in [6.45, 7) is 6.51. The van der Waals surface area contributed by atoms with Crippen LogP contribution in [0.3, 0.4) is 0 Å². The molecule has 2 heterocycles. The molecule has 5 heteroatoms. The second-order valence-electron chi connectivity index (χ2n) is 5.35. The van der Waals surface area contributed by atoms with E-state index in [0.29, 0.717) is 18.8 Å². The molecule has 0 bridgehead atoms. The summed E-state index contributed by atoms with van der Waals surface area (Å²) in [6, 6.07) is 10.4. The smallest absolute Gasteiger partial charge is 0.268 e. The summed E-state index contributed by atoms with van der Waals surface area (Å²) < 4.78 is 16.4. The molecule has 0 fully saturated rings. The Balaban J connectivity index is 2.04. The van der Waals surface area contributed by atoms with Gasteiger partial charge in [-0.05, 0) is 36.8 Å². The molecule has 1 aromatic carbocycles. The van der Waals surface area contributed by atoms with Gasteiger partial charge in [-0.1, -0.05) is 18.2 Å². The lowest BCUT2D eigenvalue weighted by Crippen LogP contribution is -2.26. The topological polar surface area (TPSA) is 34.0 Å². The average Bonchev–Trinajstić information content (AvgIpc) is 3.02. The fraction of sp³-hybridized carbons (Fsp3) is 0.167. The monoisotopic (exact) mass is 328 g/mol. The van der Waals surface area contributed by atoms with Crippen LogP contribution in [0.2, 0.25) is 0 Å². The zero-order valence-corrected chi connectivity index (χ0v) is 13.6. The van der Waals surface area contributed by atoms with Gasteiger partial charge in [0.1, 0.15) is 11.5 Å². The van der Waals surface area contributed by atoms with E-state index in [0.717, 1.165) is 15.8 Å². The van der Waals surface area contributed by atoms with Crippen molar-refractivity contribution in [1.29, 1.82) is 0 Å². The van der Waals surface area contributed by atoms with Crippen molar-refractivity contribution < 1.29 is 9.18 Å². The Labute approximate surface area is 138 Å². The summed E-state index contributed by atoms with van der Waals surface area (Å²) in [5, 5.41) is 2.80. The number of hydrogen-bond acceptors (Lipinski definition) is 2. The van der Waals surface area contributed by atoms with Crippen LogP contribution in [0.4, 0.5) is 4.39 Å². The Morgan fingerprint density at radius 3 is 2.96 bits per heavy atom. The maximum atomic E-state index is 13.4. The zero-order chi connectivity index (χ0) is 16.4. The molecule has 3 rings (SSSR count). The number of nitrogens with one attached hydrogen (secondary N) is 1. The van der Waals surface area contributed by atoms with Gasteiger partial charge < -0.3 is 9.88 Å². The third-order valence-corrected chi connectivity index (χ3v) is 4.57. The highest BCUT2D eigenvalue weighted by molar-refractivity contribution is 7.19. The normalized spacial score (nSPS) is 10.9. The van der Waals surface area contributed by atoms with Gasteiger partial charge >= 0.3 is 0 Å². The Morgan fingerprint density at radius 2 is 2.22 bits per heavy atom. The molecule has 1 N–H and O–H groups in total. The van der Waals surface area contributed by atoms with Crippen molar-refractivity contribution in [2.75, 3.05) is 6.54 Å². The summed E-state index contributed by atoms with van der Waals surface area (Å²) >= 11 is 1.65. The maximum Gasteiger partial charge on any atom is 0.268 e. The first-order valence-corrected chi connectivity index (χ1v) is 8.13. The molecule has 0 aliphatic carbocycles. The number of halogens is 1. The summed E-state index contributed by atoms with van der Waals surface area (Å²) in [5.74, 6) is -0.424. The van der Waals surface area contributed by atoms with Crippen LogP contribution in [0.1, 0.15) is 20.9 Å². The van der Waals surface area contributed by atoms with E-state index in [1.807, 2.05) is 23.6 Å². The van der Waals surface area contributed by atoms with Crippen LogP contribution in [0.5, 0.6) is 0 Å². The molecule has 0 spiro atoms. The van der Waals surface area contributed by atoms with E-state index in [9.17, 15) is 9.18 Å². The predicted molar refractivity (Wildman–Crippen MR) is 92.6 cm³/mol. The molecule has 0 saturated heterocycles. The largest absolute Gasteiger partial charge is 0.347 e. The maximum absolute atomic E-state index is 13.4. The van der Waals surface area contributed by atoms with Gasteiger partial charge in [0.15, 0.2) is 0 Å². The van der Waals surface area contributed by atoms with E-state index in [1.54, 1.807) is 23.5 Å². The van der Waals surface area contributed by atoms with Crippen LogP contribution < -0.4 is 5.32 Å². The van der Waals surface area contributed by atoms with Crippen molar-refractivity contribution in [1.82, 2.24) is 9.88 Å². The molecule has 118 valence electrons. The van der Waals surface area contributed by atoms with E-state index >= 15 is 0 Å². The van der Waals surface area contributed by atoms with Crippen LogP contribution in [-0.4, -0.2) is 17.0 Å². The van der Waals surface area contributed by atoms with Crippen LogP contribution in [-0.2, 0) is 6.54 Å². The lowest BCUT2D eigenvalue weighted by atomic mass is 10.2. The van der Waals surface area contributed by atoms with Crippen LogP contribution in [0, 0.1) is 12.7 Å². The molecule has 23 heavy (non-hydrogen) atoms. The SMILES string of the molecule is C=CCNC(=O)c1cc2sc(C)cc2n1Cc1cccc(F)c1. The van der Waals surface area contributed by atoms with E-state index < -0.39 is 0 Å². The van der Waals surface area contributed by atoms with Gasteiger partial charge in [0, 0.05) is 18.0 Å². The third-order valence-electron chi connectivity index (χ3n) is 3.58. The Hall–Kier alpha value is -2.40. The number of hydrogen-bond donors (Lipinski definition) is 1. The zero-order valence-electron chi connectivity index (χ0n) is 12.8. The van der Waals surface area contributed by atoms with Crippen LogP contribution in [0.15, 0.2) is 49.1 Å². The number of aryl methyl sites for hydroxylation is 1. The Morgan fingerprint density at radius 1 is 1.39 bits per heavy atom. The first-order chi connectivity index (χ1) is 11.1. The predicted octanol–water partition coefficient (Wildman–Crippen LogP) is 4.11. The van der Waals surface area contributed by atoms with Crippen molar-refractivity contribution in [2.24, 2.45) is 0 Å². The van der Waals surface area contributed by atoms with Gasteiger partial charge in [0.25, 0.3) is 5.91 Å². The van der Waals surface area contributed by atoms with E-state index in [-0.39, 0.29) is 11.7 Å².